The first-order valence-electron chi connectivity index (χ1n) is 11.7. The molecule has 5 heteroatoms. The highest BCUT2D eigenvalue weighted by Crippen LogP contribution is 2.21. The van der Waals surface area contributed by atoms with Crippen LogP contribution in [-0.2, 0) is 4.79 Å². The lowest BCUT2D eigenvalue weighted by atomic mass is 9.97. The highest BCUT2D eigenvalue weighted by atomic mass is 16.5. The van der Waals surface area contributed by atoms with Crippen molar-refractivity contribution < 1.29 is 14.3 Å². The summed E-state index contributed by atoms with van der Waals surface area (Å²) in [5, 5.41) is 0. The smallest absolute Gasteiger partial charge is 0.253 e. The van der Waals surface area contributed by atoms with Gasteiger partial charge in [0.1, 0.15) is 5.75 Å². The van der Waals surface area contributed by atoms with E-state index >= 15 is 0 Å². The van der Waals surface area contributed by atoms with Crippen LogP contribution in [0.15, 0.2) is 60.7 Å². The number of piperidine rings is 2. The second kappa shape index (κ2) is 11.0. The molecule has 0 unspecified atom stereocenters. The van der Waals surface area contributed by atoms with Crippen molar-refractivity contribution >= 4 is 17.9 Å². The fourth-order valence-corrected chi connectivity index (χ4v) is 4.34. The van der Waals surface area contributed by atoms with E-state index in [1.54, 1.807) is 6.08 Å². The van der Waals surface area contributed by atoms with Crippen LogP contribution in [0.5, 0.6) is 5.75 Å². The molecule has 2 amide bonds. The third kappa shape index (κ3) is 6.00. The van der Waals surface area contributed by atoms with Crippen LogP contribution in [0.2, 0.25) is 0 Å². The lowest BCUT2D eigenvalue weighted by molar-refractivity contribution is -0.127. The maximum Gasteiger partial charge on any atom is 0.253 e. The maximum atomic E-state index is 12.6. The van der Waals surface area contributed by atoms with E-state index in [9.17, 15) is 9.59 Å². The van der Waals surface area contributed by atoms with Crippen molar-refractivity contribution in [3.05, 3.63) is 71.8 Å². The molecular formula is C27H32N2O3. The molecule has 2 saturated heterocycles. The molecule has 0 spiro atoms. The molecule has 2 heterocycles. The van der Waals surface area contributed by atoms with Gasteiger partial charge in [0.15, 0.2) is 0 Å². The average Bonchev–Trinajstić information content (AvgIpc) is 2.87. The van der Waals surface area contributed by atoms with Gasteiger partial charge >= 0.3 is 0 Å². The predicted octanol–water partition coefficient (Wildman–Crippen LogP) is 4.64. The lowest BCUT2D eigenvalue weighted by Crippen LogP contribution is -2.38. The van der Waals surface area contributed by atoms with E-state index in [1.807, 2.05) is 70.5 Å². The number of ether oxygens (including phenoxy) is 1. The topological polar surface area (TPSA) is 49.9 Å². The van der Waals surface area contributed by atoms with Crippen LogP contribution < -0.4 is 4.74 Å². The Bertz CT molecular complexity index is 910. The second-order valence-electron chi connectivity index (χ2n) is 8.70. The van der Waals surface area contributed by atoms with E-state index in [0.717, 1.165) is 68.7 Å². The van der Waals surface area contributed by atoms with Crippen LogP contribution in [0.3, 0.4) is 0 Å². The molecule has 168 valence electrons. The van der Waals surface area contributed by atoms with Gasteiger partial charge in [0, 0.05) is 37.8 Å². The molecule has 2 aromatic rings. The highest BCUT2D eigenvalue weighted by molar-refractivity contribution is 5.94. The van der Waals surface area contributed by atoms with Gasteiger partial charge in [0.25, 0.3) is 5.91 Å². The molecule has 0 bridgehead atoms. The number of hydrogen-bond acceptors (Lipinski definition) is 3. The van der Waals surface area contributed by atoms with Crippen molar-refractivity contribution in [2.75, 3.05) is 32.8 Å². The van der Waals surface area contributed by atoms with Crippen molar-refractivity contribution in [3.8, 4) is 5.75 Å². The Balaban J connectivity index is 1.20. The molecule has 2 fully saturated rings. The quantitative estimate of drug-likeness (QED) is 0.625. The summed E-state index contributed by atoms with van der Waals surface area (Å²) in [6.45, 7) is 3.88. The number of nitrogens with zero attached hydrogens (tertiary/aromatic N) is 2. The van der Waals surface area contributed by atoms with E-state index < -0.39 is 0 Å². The summed E-state index contributed by atoms with van der Waals surface area (Å²) in [4.78, 5) is 28.9. The highest BCUT2D eigenvalue weighted by Gasteiger charge is 2.22. The molecular weight excluding hydrogens is 400 g/mol. The third-order valence-electron chi connectivity index (χ3n) is 6.37. The monoisotopic (exact) mass is 432 g/mol. The van der Waals surface area contributed by atoms with E-state index in [4.69, 9.17) is 4.74 Å². The van der Waals surface area contributed by atoms with Crippen LogP contribution in [0.4, 0.5) is 0 Å². The zero-order valence-electron chi connectivity index (χ0n) is 18.6. The van der Waals surface area contributed by atoms with Gasteiger partial charge in [-0.15, -0.1) is 0 Å². The predicted molar refractivity (Wildman–Crippen MR) is 126 cm³/mol. The fourth-order valence-electron chi connectivity index (χ4n) is 4.34. The van der Waals surface area contributed by atoms with Gasteiger partial charge in [-0.25, -0.2) is 0 Å². The summed E-state index contributed by atoms with van der Waals surface area (Å²) in [7, 11) is 0. The van der Waals surface area contributed by atoms with Gasteiger partial charge in [-0.3, -0.25) is 9.59 Å². The number of rotatable bonds is 6. The van der Waals surface area contributed by atoms with Crippen LogP contribution in [-0.4, -0.2) is 54.4 Å². The van der Waals surface area contributed by atoms with Crippen molar-refractivity contribution in [2.24, 2.45) is 5.92 Å². The standard InChI is InChI=1S/C27H32N2O3/c30-26(14-9-22-7-3-1-4-8-22)28-19-15-23(16-20-28)21-32-25-12-10-24(11-13-25)27(31)29-17-5-2-6-18-29/h1,3-4,7-14,23H,2,5-6,15-21H2. The molecule has 0 aliphatic carbocycles. The maximum absolute atomic E-state index is 12.6. The van der Waals surface area contributed by atoms with E-state index in [0.29, 0.717) is 12.5 Å². The number of benzene rings is 2. The van der Waals surface area contributed by atoms with E-state index in [1.165, 1.54) is 6.42 Å². The minimum atomic E-state index is 0.0715. The van der Waals surface area contributed by atoms with Crippen molar-refractivity contribution in [2.45, 2.75) is 32.1 Å². The zero-order valence-corrected chi connectivity index (χ0v) is 18.6. The molecule has 0 saturated carbocycles. The Morgan fingerprint density at radius 1 is 0.844 bits per heavy atom. The first kappa shape index (κ1) is 22.1. The molecule has 2 aromatic carbocycles. The molecule has 2 aliphatic rings. The Hall–Kier alpha value is -3.08. The van der Waals surface area contributed by atoms with Gasteiger partial charge in [-0.2, -0.15) is 0 Å². The molecule has 32 heavy (non-hydrogen) atoms. The molecule has 0 aromatic heterocycles. The third-order valence-corrected chi connectivity index (χ3v) is 6.37. The molecule has 5 nitrogen and oxygen atoms in total. The van der Waals surface area contributed by atoms with Gasteiger partial charge in [0.05, 0.1) is 6.61 Å². The summed E-state index contributed by atoms with van der Waals surface area (Å²) >= 11 is 0. The lowest BCUT2D eigenvalue weighted by Gasteiger charge is -2.31. The number of carbonyl (C=O) groups is 2. The average molecular weight is 433 g/mol. The Morgan fingerprint density at radius 3 is 2.22 bits per heavy atom. The summed E-state index contributed by atoms with van der Waals surface area (Å²) in [5.41, 5.74) is 1.77. The van der Waals surface area contributed by atoms with Crippen LogP contribution >= 0.6 is 0 Å². The molecule has 0 radical (unpaired) electrons. The fraction of sp³-hybridized carbons (Fsp3) is 0.407. The summed E-state index contributed by atoms with van der Waals surface area (Å²) in [5.74, 6) is 1.42. The van der Waals surface area contributed by atoms with Gasteiger partial charge in [-0.05, 0) is 73.9 Å². The molecule has 4 rings (SSSR count). The van der Waals surface area contributed by atoms with Crippen LogP contribution in [0.25, 0.3) is 6.08 Å². The number of amides is 2. The Morgan fingerprint density at radius 2 is 1.53 bits per heavy atom. The van der Waals surface area contributed by atoms with Crippen molar-refractivity contribution in [1.29, 1.82) is 0 Å². The Labute approximate surface area is 190 Å². The van der Waals surface area contributed by atoms with Crippen LogP contribution in [0, 0.1) is 5.92 Å². The van der Waals surface area contributed by atoms with Crippen molar-refractivity contribution in [3.63, 3.8) is 0 Å². The minimum Gasteiger partial charge on any atom is -0.493 e. The van der Waals surface area contributed by atoms with Crippen LogP contribution in [0.1, 0.15) is 48.0 Å². The number of likely N-dealkylation sites (tertiary alicyclic amines) is 2. The number of carbonyl (C=O) groups excluding carboxylic acids is 2. The van der Waals surface area contributed by atoms with Gasteiger partial charge < -0.3 is 14.5 Å². The zero-order chi connectivity index (χ0) is 22.2. The second-order valence-corrected chi connectivity index (χ2v) is 8.70. The van der Waals surface area contributed by atoms with Gasteiger partial charge in [0.2, 0.25) is 5.91 Å². The molecule has 0 atom stereocenters. The summed E-state index contributed by atoms with van der Waals surface area (Å²) < 4.78 is 5.98. The van der Waals surface area contributed by atoms with E-state index in [2.05, 4.69) is 0 Å². The summed E-state index contributed by atoms with van der Waals surface area (Å²) in [6.07, 6.45) is 8.83. The van der Waals surface area contributed by atoms with Gasteiger partial charge in [-0.1, -0.05) is 30.3 Å². The Kier molecular flexibility index (Phi) is 7.59. The summed E-state index contributed by atoms with van der Waals surface area (Å²) in [6, 6.07) is 17.4. The SMILES string of the molecule is O=C(C=Cc1ccccc1)N1CCC(COc2ccc(C(=O)N3CCCCC3)cc2)CC1. The molecule has 2 aliphatic heterocycles. The molecule has 0 N–H and O–H groups in total. The minimum absolute atomic E-state index is 0.0715. The number of hydrogen-bond donors (Lipinski definition) is 0. The van der Waals surface area contributed by atoms with Crippen molar-refractivity contribution in [1.82, 2.24) is 9.80 Å². The first-order chi connectivity index (χ1) is 15.7. The normalized spacial score (nSPS) is 17.5. The first-order valence-corrected chi connectivity index (χ1v) is 11.7. The largest absolute Gasteiger partial charge is 0.493 e. The van der Waals surface area contributed by atoms with E-state index in [-0.39, 0.29) is 11.8 Å².